The van der Waals surface area contributed by atoms with Gasteiger partial charge < -0.3 is 10.1 Å². The van der Waals surface area contributed by atoms with Crippen LogP contribution in [0.15, 0.2) is 53.1 Å². The molecule has 1 heterocycles. The van der Waals surface area contributed by atoms with Crippen LogP contribution in [0.25, 0.3) is 5.69 Å². The molecule has 2 aromatic rings. The summed E-state index contributed by atoms with van der Waals surface area (Å²) < 4.78 is 6.64. The van der Waals surface area contributed by atoms with Crippen LogP contribution >= 0.6 is 0 Å². The van der Waals surface area contributed by atoms with E-state index in [0.29, 0.717) is 17.0 Å². The summed E-state index contributed by atoms with van der Waals surface area (Å²) in [6.07, 6.45) is 3.05. The van der Waals surface area contributed by atoms with Crippen LogP contribution in [-0.2, 0) is 0 Å². The molecule has 0 radical (unpaired) electrons. The van der Waals surface area contributed by atoms with Crippen molar-refractivity contribution in [2.24, 2.45) is 0 Å². The van der Waals surface area contributed by atoms with Crippen LogP contribution in [0.1, 0.15) is 17.4 Å². The van der Waals surface area contributed by atoms with Crippen LogP contribution in [0.3, 0.4) is 0 Å². The molecule has 1 N–H and O–H groups in total. The van der Waals surface area contributed by atoms with Gasteiger partial charge in [0.15, 0.2) is 5.69 Å². The normalized spacial score (nSPS) is 11.1. The Hall–Kier alpha value is -2.89. The highest BCUT2D eigenvalue weighted by atomic mass is 16.5. The van der Waals surface area contributed by atoms with Crippen molar-refractivity contribution >= 4 is 5.78 Å². The summed E-state index contributed by atoms with van der Waals surface area (Å²) in [4.78, 5) is 24.2. The Morgan fingerprint density at radius 2 is 2.14 bits per heavy atom. The zero-order valence-corrected chi connectivity index (χ0v) is 12.7. The summed E-state index contributed by atoms with van der Waals surface area (Å²) in [5.74, 6) is 0.258. The van der Waals surface area contributed by atoms with Crippen molar-refractivity contribution in [3.8, 4) is 11.4 Å². The second-order valence-corrected chi connectivity index (χ2v) is 4.62. The zero-order valence-electron chi connectivity index (χ0n) is 12.7. The van der Waals surface area contributed by atoms with Crippen molar-refractivity contribution in [3.05, 3.63) is 64.2 Å². The number of carbonyl (C=O) groups excluding carboxylic acids is 1. The molecule has 114 valence electrons. The lowest BCUT2D eigenvalue weighted by molar-refractivity contribution is 0.102. The van der Waals surface area contributed by atoms with E-state index in [1.165, 1.54) is 23.1 Å². The second kappa shape index (κ2) is 6.71. The van der Waals surface area contributed by atoms with Crippen LogP contribution in [0.2, 0.25) is 0 Å². The molecule has 1 aromatic carbocycles. The highest BCUT2D eigenvalue weighted by Gasteiger charge is 2.15. The number of hydrogen-bond donors (Lipinski definition) is 1. The molecule has 0 aliphatic heterocycles. The van der Waals surface area contributed by atoms with Crippen LogP contribution < -0.4 is 15.5 Å². The molecule has 0 aliphatic rings. The number of nitrogens with one attached hydrogen (secondary N) is 1. The molecule has 0 amide bonds. The first-order chi connectivity index (χ1) is 10.6. The molecule has 0 saturated carbocycles. The molecule has 2 rings (SSSR count). The van der Waals surface area contributed by atoms with Crippen molar-refractivity contribution < 1.29 is 9.53 Å². The topological polar surface area (TPSA) is 73.2 Å². The smallest absolute Gasteiger partial charge is 0.214 e. The molecule has 0 atom stereocenters. The number of carbonyl (C=O) groups is 1. The van der Waals surface area contributed by atoms with Gasteiger partial charge in [0.05, 0.1) is 12.8 Å². The van der Waals surface area contributed by atoms with Gasteiger partial charge in [0, 0.05) is 37.2 Å². The summed E-state index contributed by atoms with van der Waals surface area (Å²) >= 11 is 0. The Kier molecular flexibility index (Phi) is 4.73. The molecule has 6 heteroatoms. The summed E-state index contributed by atoms with van der Waals surface area (Å²) in [5.41, 5.74) is 0.585. The van der Waals surface area contributed by atoms with E-state index in [-0.39, 0.29) is 5.69 Å². The summed E-state index contributed by atoms with van der Waals surface area (Å²) in [7, 11) is 3.25. The Morgan fingerprint density at radius 1 is 1.36 bits per heavy atom. The van der Waals surface area contributed by atoms with E-state index >= 15 is 0 Å². The van der Waals surface area contributed by atoms with Crippen LogP contribution in [0, 0.1) is 0 Å². The van der Waals surface area contributed by atoms with Crippen molar-refractivity contribution in [2.75, 3.05) is 14.2 Å². The molecule has 1 aromatic heterocycles. The first-order valence-electron chi connectivity index (χ1n) is 6.70. The van der Waals surface area contributed by atoms with Crippen molar-refractivity contribution in [2.45, 2.75) is 6.92 Å². The van der Waals surface area contributed by atoms with Crippen molar-refractivity contribution in [3.63, 3.8) is 0 Å². The number of Topliss-reactive ketones (excluding diaryl/α,β-unsaturated/α-hetero) is 1. The fraction of sp³-hybridized carbons (Fsp3) is 0.188. The average molecular weight is 299 g/mol. The Morgan fingerprint density at radius 3 is 2.82 bits per heavy atom. The number of benzene rings is 1. The van der Waals surface area contributed by atoms with Gasteiger partial charge in [0.25, 0.3) is 0 Å². The Bertz CT molecular complexity index is 778. The van der Waals surface area contributed by atoms with E-state index in [2.05, 4.69) is 10.4 Å². The number of rotatable bonds is 5. The number of allylic oxidation sites excluding steroid dienone is 1. The van der Waals surface area contributed by atoms with E-state index in [0.717, 1.165) is 0 Å². The predicted octanol–water partition coefficient (Wildman–Crippen LogP) is 1.55. The van der Waals surface area contributed by atoms with Crippen molar-refractivity contribution in [1.29, 1.82) is 0 Å². The van der Waals surface area contributed by atoms with Gasteiger partial charge in [0.2, 0.25) is 11.2 Å². The minimum Gasteiger partial charge on any atom is -0.497 e. The quantitative estimate of drug-likeness (QED) is 0.670. The minimum atomic E-state index is -0.409. The fourth-order valence-corrected chi connectivity index (χ4v) is 1.93. The van der Waals surface area contributed by atoms with Gasteiger partial charge >= 0.3 is 0 Å². The molecule has 0 unspecified atom stereocenters. The third-order valence-electron chi connectivity index (χ3n) is 3.06. The van der Waals surface area contributed by atoms with Crippen LogP contribution in [-0.4, -0.2) is 29.7 Å². The molecule has 0 bridgehead atoms. The van der Waals surface area contributed by atoms with Gasteiger partial charge in [-0.25, -0.2) is 4.68 Å². The Balaban J connectivity index is 2.48. The van der Waals surface area contributed by atoms with Crippen LogP contribution in [0.5, 0.6) is 5.75 Å². The molecule has 22 heavy (non-hydrogen) atoms. The third-order valence-corrected chi connectivity index (χ3v) is 3.06. The van der Waals surface area contributed by atoms with Gasteiger partial charge in [-0.2, -0.15) is 5.10 Å². The summed E-state index contributed by atoms with van der Waals surface area (Å²) in [5, 5.41) is 6.91. The Labute approximate surface area is 128 Å². The standard InChI is InChI=1S/C16H17N3O3/c1-11(10-17-2)16(21)15-14(20)7-8-19(18-15)12-5-4-6-13(9-12)22-3/h4-10,17H,1-3H3/b11-10+. The highest BCUT2D eigenvalue weighted by Crippen LogP contribution is 2.15. The van der Waals surface area contributed by atoms with E-state index in [1.807, 2.05) is 12.1 Å². The maximum atomic E-state index is 12.3. The molecule has 0 saturated heterocycles. The maximum Gasteiger partial charge on any atom is 0.214 e. The zero-order chi connectivity index (χ0) is 16.1. The number of hydrogen-bond acceptors (Lipinski definition) is 5. The predicted molar refractivity (Wildman–Crippen MR) is 83.5 cm³/mol. The van der Waals surface area contributed by atoms with Gasteiger partial charge in [0.1, 0.15) is 5.75 Å². The summed E-state index contributed by atoms with van der Waals surface area (Å²) in [6.45, 7) is 1.63. The number of methoxy groups -OCH3 is 1. The van der Waals surface area contributed by atoms with Gasteiger partial charge in [-0.15, -0.1) is 0 Å². The van der Waals surface area contributed by atoms with E-state index in [1.54, 1.807) is 33.2 Å². The molecule has 0 fully saturated rings. The van der Waals surface area contributed by atoms with Gasteiger partial charge in [-0.1, -0.05) is 6.07 Å². The molecule has 6 nitrogen and oxygen atoms in total. The third kappa shape index (κ3) is 3.22. The first kappa shape index (κ1) is 15.5. The van der Waals surface area contributed by atoms with E-state index in [4.69, 9.17) is 4.74 Å². The van der Waals surface area contributed by atoms with Crippen LogP contribution in [0.4, 0.5) is 0 Å². The average Bonchev–Trinajstić information content (AvgIpc) is 2.55. The lowest BCUT2D eigenvalue weighted by Crippen LogP contribution is -2.21. The SMILES string of the molecule is CN/C=C(\C)C(=O)c1nn(-c2cccc(OC)c2)ccc1=O. The van der Waals surface area contributed by atoms with Gasteiger partial charge in [-0.05, 0) is 19.1 Å². The lowest BCUT2D eigenvalue weighted by atomic mass is 10.1. The molecule has 0 aliphatic carbocycles. The van der Waals surface area contributed by atoms with Crippen molar-refractivity contribution in [1.82, 2.24) is 15.1 Å². The van der Waals surface area contributed by atoms with Gasteiger partial charge in [-0.3, -0.25) is 9.59 Å². The number of ketones is 1. The van der Waals surface area contributed by atoms with E-state index in [9.17, 15) is 9.59 Å². The molecule has 0 spiro atoms. The highest BCUT2D eigenvalue weighted by molar-refractivity contribution is 6.06. The molecular formula is C16H17N3O3. The summed E-state index contributed by atoms with van der Waals surface area (Å²) in [6, 6.07) is 8.51. The monoisotopic (exact) mass is 299 g/mol. The second-order valence-electron chi connectivity index (χ2n) is 4.62. The largest absolute Gasteiger partial charge is 0.497 e. The number of nitrogens with zero attached hydrogens (tertiary/aromatic N) is 2. The minimum absolute atomic E-state index is 0.116. The molecular weight excluding hydrogens is 282 g/mol. The lowest BCUT2D eigenvalue weighted by Gasteiger charge is -2.08. The first-order valence-corrected chi connectivity index (χ1v) is 6.70. The van der Waals surface area contributed by atoms with E-state index < -0.39 is 11.2 Å². The maximum absolute atomic E-state index is 12.3. The number of ether oxygens (including phenoxy) is 1. The fourth-order valence-electron chi connectivity index (χ4n) is 1.93. The number of aromatic nitrogens is 2.